The Morgan fingerprint density at radius 3 is 2.32 bits per heavy atom. The normalized spacial score (nSPS) is 16.2. The third-order valence-corrected chi connectivity index (χ3v) is 6.71. The summed E-state index contributed by atoms with van der Waals surface area (Å²) < 4.78 is 32.6. The quantitative estimate of drug-likeness (QED) is 0.700. The van der Waals surface area contributed by atoms with Gasteiger partial charge >= 0.3 is 0 Å². The molecule has 28 heavy (non-hydrogen) atoms. The summed E-state index contributed by atoms with van der Waals surface area (Å²) in [5.41, 5.74) is 2.33. The zero-order chi connectivity index (χ0) is 19.8. The molecular weight excluding hydrogens is 372 g/mol. The van der Waals surface area contributed by atoms with Gasteiger partial charge in [-0.3, -0.25) is 4.90 Å². The van der Waals surface area contributed by atoms with Crippen LogP contribution in [0.15, 0.2) is 54.6 Å². The topological polar surface area (TPSA) is 58.6 Å². The highest BCUT2D eigenvalue weighted by Crippen LogP contribution is 2.19. The van der Waals surface area contributed by atoms with Gasteiger partial charge in [0.1, 0.15) is 5.75 Å². The Morgan fingerprint density at radius 1 is 1.00 bits per heavy atom. The molecule has 152 valence electrons. The van der Waals surface area contributed by atoms with E-state index in [-0.39, 0.29) is 5.75 Å². The third kappa shape index (κ3) is 6.62. The summed E-state index contributed by atoms with van der Waals surface area (Å²) in [6.07, 6.45) is 2.58. The van der Waals surface area contributed by atoms with Crippen LogP contribution < -0.4 is 9.46 Å². The van der Waals surface area contributed by atoms with Gasteiger partial charge < -0.3 is 4.74 Å². The van der Waals surface area contributed by atoms with Gasteiger partial charge in [-0.05, 0) is 61.5 Å². The average molecular weight is 403 g/mol. The molecule has 0 radical (unpaired) electrons. The molecular formula is C22H30N2O3S. The lowest BCUT2D eigenvalue weighted by atomic mass is 9.97. The van der Waals surface area contributed by atoms with Gasteiger partial charge in [0.2, 0.25) is 10.0 Å². The minimum absolute atomic E-state index is 0.117. The number of sulfonamides is 1. The lowest BCUT2D eigenvalue weighted by Crippen LogP contribution is -2.39. The summed E-state index contributed by atoms with van der Waals surface area (Å²) in [5.74, 6) is 1.32. The van der Waals surface area contributed by atoms with E-state index in [0.717, 1.165) is 43.8 Å². The van der Waals surface area contributed by atoms with Crippen molar-refractivity contribution >= 4 is 10.0 Å². The highest BCUT2D eigenvalue weighted by molar-refractivity contribution is 7.89. The molecule has 2 aromatic carbocycles. The number of methoxy groups -OCH3 is 1. The van der Waals surface area contributed by atoms with Gasteiger partial charge in [-0.15, -0.1) is 0 Å². The summed E-state index contributed by atoms with van der Waals surface area (Å²) in [5, 5.41) is 0. The van der Waals surface area contributed by atoms with Crippen LogP contribution in [0.2, 0.25) is 0 Å². The first kappa shape index (κ1) is 20.8. The van der Waals surface area contributed by atoms with E-state index in [0.29, 0.717) is 18.9 Å². The molecule has 1 heterocycles. The van der Waals surface area contributed by atoms with Crippen molar-refractivity contribution in [3.05, 3.63) is 65.7 Å². The number of ether oxygens (including phenoxy) is 1. The van der Waals surface area contributed by atoms with E-state index in [1.807, 2.05) is 30.3 Å². The van der Waals surface area contributed by atoms with Crippen LogP contribution in [0.4, 0.5) is 0 Å². The second-order valence-corrected chi connectivity index (χ2v) is 9.40. The van der Waals surface area contributed by atoms with E-state index in [1.165, 1.54) is 5.56 Å². The summed E-state index contributed by atoms with van der Waals surface area (Å²) >= 11 is 0. The first-order valence-electron chi connectivity index (χ1n) is 9.90. The number of hydrogen-bond acceptors (Lipinski definition) is 4. The van der Waals surface area contributed by atoms with Crippen LogP contribution in [-0.4, -0.2) is 45.8 Å². The van der Waals surface area contributed by atoms with Crippen LogP contribution in [0.3, 0.4) is 0 Å². The van der Waals surface area contributed by atoms with Gasteiger partial charge in [0.25, 0.3) is 0 Å². The molecule has 1 fully saturated rings. The minimum Gasteiger partial charge on any atom is -0.497 e. The summed E-state index contributed by atoms with van der Waals surface area (Å²) in [6, 6.07) is 18.0. The summed E-state index contributed by atoms with van der Waals surface area (Å²) in [7, 11) is -1.63. The van der Waals surface area contributed by atoms with E-state index in [2.05, 4.69) is 33.9 Å². The molecule has 1 N–H and O–H groups in total. The van der Waals surface area contributed by atoms with E-state index in [4.69, 9.17) is 4.74 Å². The lowest BCUT2D eigenvalue weighted by molar-refractivity contribution is 0.178. The number of benzene rings is 2. The predicted octanol–water partition coefficient (Wildman–Crippen LogP) is 3.07. The number of piperidine rings is 1. The predicted molar refractivity (Wildman–Crippen MR) is 113 cm³/mol. The second-order valence-electron chi connectivity index (χ2n) is 7.47. The number of likely N-dealkylation sites (tertiary alicyclic amines) is 1. The molecule has 0 saturated carbocycles. The van der Waals surface area contributed by atoms with Gasteiger partial charge in [-0.2, -0.15) is 0 Å². The van der Waals surface area contributed by atoms with Gasteiger partial charge in [0.05, 0.1) is 12.9 Å². The van der Waals surface area contributed by atoms with E-state index in [9.17, 15) is 8.42 Å². The molecule has 2 aromatic rings. The Bertz CT molecular complexity index is 815. The average Bonchev–Trinajstić information content (AvgIpc) is 2.73. The highest BCUT2D eigenvalue weighted by atomic mass is 32.2. The Hall–Kier alpha value is -1.89. The molecule has 1 aliphatic heterocycles. The van der Waals surface area contributed by atoms with E-state index < -0.39 is 10.0 Å². The lowest BCUT2D eigenvalue weighted by Gasteiger charge is -2.32. The van der Waals surface area contributed by atoms with Crippen LogP contribution in [0, 0.1) is 5.92 Å². The monoisotopic (exact) mass is 402 g/mol. The van der Waals surface area contributed by atoms with Crippen molar-refractivity contribution < 1.29 is 13.2 Å². The van der Waals surface area contributed by atoms with Crippen LogP contribution in [-0.2, 0) is 23.0 Å². The Labute approximate surface area is 168 Å². The molecule has 0 unspecified atom stereocenters. The molecule has 0 bridgehead atoms. The fourth-order valence-electron chi connectivity index (χ4n) is 3.55. The van der Waals surface area contributed by atoms with Crippen molar-refractivity contribution in [3.8, 4) is 5.75 Å². The van der Waals surface area contributed by atoms with Crippen molar-refractivity contribution in [3.63, 3.8) is 0 Å². The molecule has 6 heteroatoms. The number of hydrogen-bond donors (Lipinski definition) is 1. The largest absolute Gasteiger partial charge is 0.497 e. The Kier molecular flexibility index (Phi) is 7.48. The minimum atomic E-state index is -3.25. The summed E-state index contributed by atoms with van der Waals surface area (Å²) in [6.45, 7) is 3.56. The molecule has 3 rings (SSSR count). The molecule has 1 saturated heterocycles. The molecule has 0 amide bonds. The fourth-order valence-corrected chi connectivity index (χ4v) is 4.69. The number of nitrogens with zero attached hydrogens (tertiary/aromatic N) is 1. The maximum atomic E-state index is 12.3. The maximum absolute atomic E-state index is 12.3. The van der Waals surface area contributed by atoms with Crippen LogP contribution >= 0.6 is 0 Å². The van der Waals surface area contributed by atoms with Gasteiger partial charge in [-0.25, -0.2) is 13.1 Å². The first-order chi connectivity index (χ1) is 13.5. The smallest absolute Gasteiger partial charge is 0.211 e. The summed E-state index contributed by atoms with van der Waals surface area (Å²) in [4.78, 5) is 2.45. The zero-order valence-corrected chi connectivity index (χ0v) is 17.3. The molecule has 0 atom stereocenters. The Morgan fingerprint density at radius 2 is 1.68 bits per heavy atom. The first-order valence-corrected chi connectivity index (χ1v) is 11.6. The Balaban J connectivity index is 1.37. The number of aryl methyl sites for hydroxylation is 1. The number of rotatable bonds is 9. The third-order valence-electron chi connectivity index (χ3n) is 5.37. The SMILES string of the molecule is COc1ccc(CCS(=O)(=O)NCC2CCN(Cc3ccccc3)CC2)cc1. The van der Waals surface area contributed by atoms with E-state index in [1.54, 1.807) is 7.11 Å². The van der Waals surface area contributed by atoms with Crippen molar-refractivity contribution in [2.75, 3.05) is 32.5 Å². The second kappa shape index (κ2) is 10.0. The molecule has 0 aromatic heterocycles. The van der Waals surface area contributed by atoms with E-state index >= 15 is 0 Å². The van der Waals surface area contributed by atoms with Crippen LogP contribution in [0.25, 0.3) is 0 Å². The van der Waals surface area contributed by atoms with Crippen molar-refractivity contribution in [2.24, 2.45) is 5.92 Å². The highest BCUT2D eigenvalue weighted by Gasteiger charge is 2.21. The number of nitrogens with one attached hydrogen (secondary N) is 1. The zero-order valence-electron chi connectivity index (χ0n) is 16.5. The standard InChI is InChI=1S/C22H30N2O3S/c1-27-22-9-7-19(8-10-22)13-16-28(25,26)23-17-20-11-14-24(15-12-20)18-21-5-3-2-4-6-21/h2-10,20,23H,11-18H2,1H3. The molecule has 0 aliphatic carbocycles. The van der Waals surface area contributed by atoms with Crippen LogP contribution in [0.1, 0.15) is 24.0 Å². The molecule has 5 nitrogen and oxygen atoms in total. The van der Waals surface area contributed by atoms with Gasteiger partial charge in [0, 0.05) is 13.1 Å². The van der Waals surface area contributed by atoms with Crippen molar-refractivity contribution in [1.82, 2.24) is 9.62 Å². The van der Waals surface area contributed by atoms with Gasteiger partial charge in [-0.1, -0.05) is 42.5 Å². The van der Waals surface area contributed by atoms with Crippen LogP contribution in [0.5, 0.6) is 5.75 Å². The maximum Gasteiger partial charge on any atom is 0.211 e. The molecule has 1 aliphatic rings. The molecule has 0 spiro atoms. The van der Waals surface area contributed by atoms with Crippen molar-refractivity contribution in [1.29, 1.82) is 0 Å². The van der Waals surface area contributed by atoms with Crippen molar-refractivity contribution in [2.45, 2.75) is 25.8 Å². The fraction of sp³-hybridized carbons (Fsp3) is 0.455. The van der Waals surface area contributed by atoms with Gasteiger partial charge in [0.15, 0.2) is 0 Å².